The van der Waals surface area contributed by atoms with Crippen LogP contribution in [-0.2, 0) is 4.74 Å². The second kappa shape index (κ2) is 4.18. The van der Waals surface area contributed by atoms with E-state index in [-0.39, 0.29) is 0 Å². The molecule has 0 saturated heterocycles. The number of halogens is 1. The standard InChI is InChI=1S/C12H13BrO/c1-14-8-12(9-5-6-9)10-3-2-4-11(13)7-10/h2-4,7-9H,5-6H2,1H3/b12-8-. The number of benzene rings is 1. The van der Waals surface area contributed by atoms with Crippen LogP contribution >= 0.6 is 15.9 Å². The van der Waals surface area contributed by atoms with E-state index < -0.39 is 0 Å². The zero-order chi connectivity index (χ0) is 9.97. The molecule has 0 atom stereocenters. The van der Waals surface area contributed by atoms with E-state index in [9.17, 15) is 0 Å². The minimum absolute atomic E-state index is 0.712. The number of ether oxygens (including phenoxy) is 1. The van der Waals surface area contributed by atoms with Gasteiger partial charge in [0.25, 0.3) is 0 Å². The molecule has 0 unspecified atom stereocenters. The van der Waals surface area contributed by atoms with Gasteiger partial charge in [-0.25, -0.2) is 0 Å². The van der Waals surface area contributed by atoms with Crippen LogP contribution < -0.4 is 0 Å². The second-order valence-corrected chi connectivity index (χ2v) is 4.51. The first-order chi connectivity index (χ1) is 6.81. The third-order valence-corrected chi connectivity index (χ3v) is 2.91. The van der Waals surface area contributed by atoms with Crippen LogP contribution in [0.4, 0.5) is 0 Å². The molecule has 74 valence electrons. The van der Waals surface area contributed by atoms with E-state index in [1.165, 1.54) is 24.0 Å². The third-order valence-electron chi connectivity index (χ3n) is 2.42. The Bertz CT molecular complexity index is 353. The first kappa shape index (κ1) is 9.78. The van der Waals surface area contributed by atoms with Gasteiger partial charge in [-0.2, -0.15) is 0 Å². The molecule has 1 aliphatic carbocycles. The molecule has 1 aromatic carbocycles. The molecule has 2 rings (SSSR count). The average Bonchev–Trinajstić information content (AvgIpc) is 2.97. The Morgan fingerprint density at radius 3 is 2.86 bits per heavy atom. The van der Waals surface area contributed by atoms with E-state index >= 15 is 0 Å². The number of methoxy groups -OCH3 is 1. The van der Waals surface area contributed by atoms with Gasteiger partial charge in [0.15, 0.2) is 0 Å². The summed E-state index contributed by atoms with van der Waals surface area (Å²) in [6.45, 7) is 0. The lowest BCUT2D eigenvalue weighted by atomic mass is 10.0. The SMILES string of the molecule is CO/C=C(\c1cccc(Br)c1)C1CC1. The first-order valence-electron chi connectivity index (χ1n) is 4.80. The molecule has 0 bridgehead atoms. The van der Waals surface area contributed by atoms with Crippen molar-refractivity contribution in [3.05, 3.63) is 40.6 Å². The lowest BCUT2D eigenvalue weighted by molar-refractivity contribution is 0.338. The zero-order valence-corrected chi connectivity index (χ0v) is 9.75. The molecular formula is C12H13BrO. The maximum atomic E-state index is 5.12. The molecule has 1 nitrogen and oxygen atoms in total. The van der Waals surface area contributed by atoms with Crippen LogP contribution in [-0.4, -0.2) is 7.11 Å². The van der Waals surface area contributed by atoms with Crippen molar-refractivity contribution in [3.8, 4) is 0 Å². The average molecular weight is 253 g/mol. The van der Waals surface area contributed by atoms with Crippen molar-refractivity contribution in [1.82, 2.24) is 0 Å². The zero-order valence-electron chi connectivity index (χ0n) is 8.16. The third kappa shape index (κ3) is 2.18. The maximum absolute atomic E-state index is 5.12. The Morgan fingerprint density at radius 1 is 1.50 bits per heavy atom. The summed E-state index contributed by atoms with van der Waals surface area (Å²) in [6.07, 6.45) is 4.46. The number of rotatable bonds is 3. The van der Waals surface area contributed by atoms with E-state index in [1.807, 2.05) is 12.3 Å². The van der Waals surface area contributed by atoms with Gasteiger partial charge in [-0.1, -0.05) is 28.1 Å². The van der Waals surface area contributed by atoms with Crippen LogP contribution in [0.15, 0.2) is 35.0 Å². The molecule has 1 saturated carbocycles. The highest BCUT2D eigenvalue weighted by atomic mass is 79.9. The van der Waals surface area contributed by atoms with Crippen LogP contribution in [0.3, 0.4) is 0 Å². The molecule has 14 heavy (non-hydrogen) atoms. The predicted molar refractivity (Wildman–Crippen MR) is 61.9 cm³/mol. The monoisotopic (exact) mass is 252 g/mol. The molecule has 1 aliphatic rings. The summed E-state index contributed by atoms with van der Waals surface area (Å²) in [5.41, 5.74) is 2.59. The highest BCUT2D eigenvalue weighted by molar-refractivity contribution is 9.10. The molecule has 2 heteroatoms. The van der Waals surface area contributed by atoms with Crippen molar-refractivity contribution in [1.29, 1.82) is 0 Å². The van der Waals surface area contributed by atoms with E-state index in [0.717, 1.165) is 4.47 Å². The lowest BCUT2D eigenvalue weighted by Gasteiger charge is -2.06. The molecule has 0 spiro atoms. The van der Waals surface area contributed by atoms with Crippen LogP contribution in [0.5, 0.6) is 0 Å². The fraction of sp³-hybridized carbons (Fsp3) is 0.333. The predicted octanol–water partition coefficient (Wildman–Crippen LogP) is 3.85. The topological polar surface area (TPSA) is 9.23 Å². The van der Waals surface area contributed by atoms with E-state index in [2.05, 4.69) is 34.1 Å². The number of allylic oxidation sites excluding steroid dienone is 1. The van der Waals surface area contributed by atoms with E-state index in [4.69, 9.17) is 4.74 Å². The van der Waals surface area contributed by atoms with Gasteiger partial charge >= 0.3 is 0 Å². The molecule has 0 aliphatic heterocycles. The van der Waals surface area contributed by atoms with Crippen LogP contribution in [0, 0.1) is 5.92 Å². The van der Waals surface area contributed by atoms with Crippen LogP contribution in [0.25, 0.3) is 5.57 Å². The summed E-state index contributed by atoms with van der Waals surface area (Å²) in [5.74, 6) is 0.712. The maximum Gasteiger partial charge on any atom is 0.0865 e. The van der Waals surface area contributed by atoms with Crippen molar-refractivity contribution in [2.24, 2.45) is 5.92 Å². The summed E-state index contributed by atoms with van der Waals surface area (Å²) in [4.78, 5) is 0. The summed E-state index contributed by atoms with van der Waals surface area (Å²) in [5, 5.41) is 0. The normalized spacial score (nSPS) is 16.9. The molecule has 0 aromatic heterocycles. The second-order valence-electron chi connectivity index (χ2n) is 3.59. The lowest BCUT2D eigenvalue weighted by Crippen LogP contribution is -1.87. The molecule has 1 aromatic rings. The van der Waals surface area contributed by atoms with Gasteiger partial charge in [0, 0.05) is 4.47 Å². The van der Waals surface area contributed by atoms with Gasteiger partial charge in [-0.05, 0) is 42.0 Å². The largest absolute Gasteiger partial charge is 0.504 e. The molecular weight excluding hydrogens is 240 g/mol. The van der Waals surface area contributed by atoms with Gasteiger partial charge in [0.2, 0.25) is 0 Å². The Morgan fingerprint density at radius 2 is 2.29 bits per heavy atom. The van der Waals surface area contributed by atoms with Crippen molar-refractivity contribution < 1.29 is 4.74 Å². The molecule has 0 heterocycles. The number of hydrogen-bond acceptors (Lipinski definition) is 1. The Hall–Kier alpha value is -0.760. The summed E-state index contributed by atoms with van der Waals surface area (Å²) >= 11 is 3.48. The van der Waals surface area contributed by atoms with Crippen molar-refractivity contribution in [2.75, 3.05) is 7.11 Å². The smallest absolute Gasteiger partial charge is 0.0865 e. The van der Waals surface area contributed by atoms with Gasteiger partial charge in [-0.3, -0.25) is 0 Å². The molecule has 0 N–H and O–H groups in total. The summed E-state index contributed by atoms with van der Waals surface area (Å²) in [6, 6.07) is 8.38. The summed E-state index contributed by atoms with van der Waals surface area (Å²) < 4.78 is 6.25. The van der Waals surface area contributed by atoms with Crippen LogP contribution in [0.1, 0.15) is 18.4 Å². The van der Waals surface area contributed by atoms with Crippen LogP contribution in [0.2, 0.25) is 0 Å². The minimum atomic E-state index is 0.712. The van der Waals surface area contributed by atoms with Crippen molar-refractivity contribution >= 4 is 21.5 Å². The Labute approximate surface area is 92.9 Å². The Kier molecular flexibility index (Phi) is 2.92. The minimum Gasteiger partial charge on any atom is -0.504 e. The highest BCUT2D eigenvalue weighted by Crippen LogP contribution is 2.42. The van der Waals surface area contributed by atoms with Crippen molar-refractivity contribution in [3.63, 3.8) is 0 Å². The first-order valence-corrected chi connectivity index (χ1v) is 5.59. The molecule has 0 radical (unpaired) electrons. The highest BCUT2D eigenvalue weighted by Gasteiger charge is 2.27. The van der Waals surface area contributed by atoms with Gasteiger partial charge in [0.05, 0.1) is 13.4 Å². The fourth-order valence-electron chi connectivity index (χ4n) is 1.59. The van der Waals surface area contributed by atoms with Crippen molar-refractivity contribution in [2.45, 2.75) is 12.8 Å². The Balaban J connectivity index is 2.30. The van der Waals surface area contributed by atoms with E-state index in [1.54, 1.807) is 7.11 Å². The van der Waals surface area contributed by atoms with E-state index in [0.29, 0.717) is 5.92 Å². The quantitative estimate of drug-likeness (QED) is 0.743. The van der Waals surface area contributed by atoms with Gasteiger partial charge in [0.1, 0.15) is 0 Å². The molecule has 0 amide bonds. The number of hydrogen-bond donors (Lipinski definition) is 0. The summed E-state index contributed by atoms with van der Waals surface area (Å²) in [7, 11) is 1.71. The van der Waals surface area contributed by atoms with Gasteiger partial charge < -0.3 is 4.74 Å². The molecule has 1 fully saturated rings. The van der Waals surface area contributed by atoms with Gasteiger partial charge in [-0.15, -0.1) is 0 Å². The fourth-order valence-corrected chi connectivity index (χ4v) is 1.99.